The van der Waals surface area contributed by atoms with Crippen molar-refractivity contribution in [3.05, 3.63) is 23.9 Å². The van der Waals surface area contributed by atoms with Crippen molar-refractivity contribution in [1.82, 2.24) is 0 Å². The second-order valence-electron chi connectivity index (χ2n) is 3.01. The molecule has 1 heterocycles. The van der Waals surface area contributed by atoms with Crippen LogP contribution in [0.2, 0.25) is 0 Å². The van der Waals surface area contributed by atoms with E-state index < -0.39 is 5.82 Å². The maximum atomic E-state index is 12.4. The van der Waals surface area contributed by atoms with Crippen molar-refractivity contribution in [1.29, 1.82) is 0 Å². The van der Waals surface area contributed by atoms with E-state index in [0.29, 0.717) is 6.42 Å². The van der Waals surface area contributed by atoms with Crippen LogP contribution in [-0.4, -0.2) is 5.78 Å². The number of hydrogen-bond donors (Lipinski definition) is 0. The molecule has 1 rings (SSSR count). The molecule has 0 aliphatic carbocycles. The lowest BCUT2D eigenvalue weighted by molar-refractivity contribution is 0.0952. The molecule has 0 bridgehead atoms. The first-order valence-electron chi connectivity index (χ1n) is 4.51. The summed E-state index contributed by atoms with van der Waals surface area (Å²) < 4.78 is 17.2. The molecule has 1 aromatic rings. The number of ketones is 1. The normalized spacial score (nSPS) is 10.3. The Morgan fingerprint density at radius 2 is 2.31 bits per heavy atom. The van der Waals surface area contributed by atoms with Gasteiger partial charge in [0.2, 0.25) is 0 Å². The van der Waals surface area contributed by atoms with Crippen LogP contribution in [0.1, 0.15) is 43.2 Å². The van der Waals surface area contributed by atoms with Gasteiger partial charge in [0.1, 0.15) is 6.26 Å². The summed E-state index contributed by atoms with van der Waals surface area (Å²) in [5, 5.41) is 0. The van der Waals surface area contributed by atoms with Crippen LogP contribution >= 0.6 is 0 Å². The van der Waals surface area contributed by atoms with Crippen molar-refractivity contribution >= 4 is 5.78 Å². The van der Waals surface area contributed by atoms with Crippen LogP contribution < -0.4 is 0 Å². The summed E-state index contributed by atoms with van der Waals surface area (Å²) in [5.41, 5.74) is 0. The Balaban J connectivity index is 2.40. The van der Waals surface area contributed by atoms with Crippen LogP contribution in [0.3, 0.4) is 0 Å². The topological polar surface area (TPSA) is 30.2 Å². The molecule has 0 spiro atoms. The summed E-state index contributed by atoms with van der Waals surface area (Å²) in [6.45, 7) is 2.07. The third-order valence-electron chi connectivity index (χ3n) is 1.85. The summed E-state index contributed by atoms with van der Waals surface area (Å²) in [4.78, 5) is 11.3. The molecular formula is C10H13FO2. The van der Waals surface area contributed by atoms with Crippen molar-refractivity contribution in [3.8, 4) is 0 Å². The minimum atomic E-state index is -0.487. The third kappa shape index (κ3) is 3.01. The molecule has 0 aliphatic heterocycles. The van der Waals surface area contributed by atoms with Gasteiger partial charge in [-0.25, -0.2) is 4.39 Å². The molecule has 0 unspecified atom stereocenters. The Hall–Kier alpha value is -1.12. The monoisotopic (exact) mass is 184 g/mol. The predicted molar refractivity (Wildman–Crippen MR) is 47.1 cm³/mol. The average Bonchev–Trinajstić information content (AvgIpc) is 2.52. The summed E-state index contributed by atoms with van der Waals surface area (Å²) in [7, 11) is 0. The van der Waals surface area contributed by atoms with E-state index in [1.54, 1.807) is 0 Å². The summed E-state index contributed by atoms with van der Waals surface area (Å²) in [5.74, 6) is -0.468. The van der Waals surface area contributed by atoms with Crippen LogP contribution in [0.4, 0.5) is 4.39 Å². The molecule has 3 heteroatoms. The first kappa shape index (κ1) is 9.96. The lowest BCUT2D eigenvalue weighted by atomic mass is 10.1. The molecule has 0 amide bonds. The lowest BCUT2D eigenvalue weighted by Crippen LogP contribution is -1.96. The zero-order chi connectivity index (χ0) is 9.68. The standard InChI is InChI=1S/C10H13FO2/c1-2-3-4-5-9(12)10-6-8(11)7-13-10/h6-7H,2-5H2,1H3. The number of carbonyl (C=O) groups excluding carboxylic acids is 1. The lowest BCUT2D eigenvalue weighted by Gasteiger charge is -1.95. The van der Waals surface area contributed by atoms with Gasteiger partial charge in [0.15, 0.2) is 17.4 Å². The molecule has 2 nitrogen and oxygen atoms in total. The predicted octanol–water partition coefficient (Wildman–Crippen LogP) is 3.18. The minimum absolute atomic E-state index is 0.114. The molecule has 0 atom stereocenters. The molecule has 0 aliphatic rings. The smallest absolute Gasteiger partial charge is 0.198 e. The molecule has 0 saturated heterocycles. The van der Waals surface area contributed by atoms with Gasteiger partial charge in [-0.3, -0.25) is 4.79 Å². The summed E-state index contributed by atoms with van der Waals surface area (Å²) >= 11 is 0. The fourth-order valence-electron chi connectivity index (χ4n) is 1.12. The molecule has 0 fully saturated rings. The SMILES string of the molecule is CCCCCC(=O)c1cc(F)co1. The van der Waals surface area contributed by atoms with Gasteiger partial charge in [-0.2, -0.15) is 0 Å². The van der Waals surface area contributed by atoms with Crippen LogP contribution in [0.5, 0.6) is 0 Å². The van der Waals surface area contributed by atoms with Crippen LogP contribution in [0.15, 0.2) is 16.7 Å². The van der Waals surface area contributed by atoms with Crippen molar-refractivity contribution in [2.24, 2.45) is 0 Å². The average molecular weight is 184 g/mol. The summed E-state index contributed by atoms with van der Waals surface area (Å²) in [6.07, 6.45) is 4.33. The largest absolute Gasteiger partial charge is 0.458 e. The number of furan rings is 1. The van der Waals surface area contributed by atoms with Gasteiger partial charge >= 0.3 is 0 Å². The number of carbonyl (C=O) groups is 1. The van der Waals surface area contributed by atoms with Crippen molar-refractivity contribution in [2.45, 2.75) is 32.6 Å². The van der Waals surface area contributed by atoms with E-state index in [1.165, 1.54) is 0 Å². The fourth-order valence-corrected chi connectivity index (χ4v) is 1.12. The second-order valence-corrected chi connectivity index (χ2v) is 3.01. The maximum Gasteiger partial charge on any atom is 0.198 e. The van der Waals surface area contributed by atoms with Gasteiger partial charge in [-0.15, -0.1) is 0 Å². The first-order chi connectivity index (χ1) is 6.24. The van der Waals surface area contributed by atoms with Crippen molar-refractivity contribution in [2.75, 3.05) is 0 Å². The fraction of sp³-hybridized carbons (Fsp3) is 0.500. The third-order valence-corrected chi connectivity index (χ3v) is 1.85. The molecule has 0 aromatic carbocycles. The van der Waals surface area contributed by atoms with Gasteiger partial charge in [-0.05, 0) is 6.42 Å². The van der Waals surface area contributed by atoms with Crippen LogP contribution in [0, 0.1) is 5.82 Å². The second kappa shape index (κ2) is 4.80. The van der Waals surface area contributed by atoms with Crippen molar-refractivity contribution < 1.29 is 13.6 Å². The van der Waals surface area contributed by atoms with E-state index in [2.05, 4.69) is 6.92 Å². The zero-order valence-electron chi connectivity index (χ0n) is 7.68. The van der Waals surface area contributed by atoms with Crippen LogP contribution in [0.25, 0.3) is 0 Å². The molecule has 13 heavy (non-hydrogen) atoms. The van der Waals surface area contributed by atoms with E-state index >= 15 is 0 Å². The van der Waals surface area contributed by atoms with E-state index in [-0.39, 0.29) is 11.5 Å². The van der Waals surface area contributed by atoms with Gasteiger partial charge in [-0.1, -0.05) is 19.8 Å². The Morgan fingerprint density at radius 1 is 1.54 bits per heavy atom. The number of Topliss-reactive ketones (excluding diaryl/α,β-unsaturated/α-hetero) is 1. The Labute approximate surface area is 76.7 Å². The number of unbranched alkanes of at least 4 members (excludes halogenated alkanes) is 2. The quantitative estimate of drug-likeness (QED) is 0.519. The Morgan fingerprint density at radius 3 is 2.85 bits per heavy atom. The first-order valence-corrected chi connectivity index (χ1v) is 4.51. The molecule has 0 saturated carbocycles. The molecule has 72 valence electrons. The number of rotatable bonds is 5. The zero-order valence-corrected chi connectivity index (χ0v) is 7.68. The highest BCUT2D eigenvalue weighted by Crippen LogP contribution is 2.10. The maximum absolute atomic E-state index is 12.4. The van der Waals surface area contributed by atoms with E-state index in [1.807, 2.05) is 0 Å². The Bertz CT molecular complexity index is 278. The van der Waals surface area contributed by atoms with Crippen LogP contribution in [-0.2, 0) is 0 Å². The van der Waals surface area contributed by atoms with E-state index in [9.17, 15) is 9.18 Å². The molecular weight excluding hydrogens is 171 g/mol. The molecule has 1 aromatic heterocycles. The number of halogens is 1. The minimum Gasteiger partial charge on any atom is -0.458 e. The molecule has 0 radical (unpaired) electrons. The van der Waals surface area contributed by atoms with E-state index in [0.717, 1.165) is 31.6 Å². The van der Waals surface area contributed by atoms with Gasteiger partial charge in [0.05, 0.1) is 0 Å². The highest BCUT2D eigenvalue weighted by Gasteiger charge is 2.10. The highest BCUT2D eigenvalue weighted by molar-refractivity contribution is 5.93. The van der Waals surface area contributed by atoms with Gasteiger partial charge in [0.25, 0.3) is 0 Å². The van der Waals surface area contributed by atoms with E-state index in [4.69, 9.17) is 4.42 Å². The Kier molecular flexibility index (Phi) is 3.68. The molecule has 0 N–H and O–H groups in total. The summed E-state index contributed by atoms with van der Waals surface area (Å²) in [6, 6.07) is 1.13. The van der Waals surface area contributed by atoms with Gasteiger partial charge in [0, 0.05) is 12.5 Å². The highest BCUT2D eigenvalue weighted by atomic mass is 19.1. The van der Waals surface area contributed by atoms with Gasteiger partial charge < -0.3 is 4.42 Å². The van der Waals surface area contributed by atoms with Crippen molar-refractivity contribution in [3.63, 3.8) is 0 Å². The number of hydrogen-bond acceptors (Lipinski definition) is 2.